The molecule has 3 rings (SSSR count). The van der Waals surface area contributed by atoms with Gasteiger partial charge in [0, 0.05) is 35.4 Å². The Balaban J connectivity index is 1.64. The van der Waals surface area contributed by atoms with Crippen molar-refractivity contribution in [3.05, 3.63) is 86.2 Å². The molecule has 9 heteroatoms. The molecule has 0 saturated carbocycles. The van der Waals surface area contributed by atoms with Gasteiger partial charge in [0.1, 0.15) is 0 Å². The summed E-state index contributed by atoms with van der Waals surface area (Å²) in [6.45, 7) is 0.327. The Kier molecular flexibility index (Phi) is 5.98. The highest BCUT2D eigenvalue weighted by molar-refractivity contribution is 5.94. The van der Waals surface area contributed by atoms with Crippen molar-refractivity contribution >= 4 is 17.5 Å². The smallest absolute Gasteiger partial charge is 0.269 e. The van der Waals surface area contributed by atoms with Gasteiger partial charge in [0.25, 0.3) is 17.2 Å². The van der Waals surface area contributed by atoms with Crippen LogP contribution in [0.1, 0.15) is 22.3 Å². The van der Waals surface area contributed by atoms with Gasteiger partial charge in [0.15, 0.2) is 0 Å². The number of hydrogen-bond donors (Lipinski definition) is 3. The van der Waals surface area contributed by atoms with Gasteiger partial charge in [-0.2, -0.15) is 0 Å². The van der Waals surface area contributed by atoms with E-state index in [4.69, 9.17) is 5.73 Å². The third-order valence-electron chi connectivity index (χ3n) is 4.31. The zero-order valence-electron chi connectivity index (χ0n) is 15.4. The van der Waals surface area contributed by atoms with E-state index < -0.39 is 4.92 Å². The van der Waals surface area contributed by atoms with E-state index in [1.807, 2.05) is 30.3 Å². The van der Waals surface area contributed by atoms with Crippen LogP contribution in [-0.4, -0.2) is 27.3 Å². The first-order valence-electron chi connectivity index (χ1n) is 8.92. The fourth-order valence-corrected chi connectivity index (χ4v) is 2.89. The van der Waals surface area contributed by atoms with Crippen LogP contribution in [0.2, 0.25) is 0 Å². The number of nitrogens with two attached hydrogens (primary N) is 1. The largest absolute Gasteiger partial charge is 0.369 e. The van der Waals surface area contributed by atoms with Gasteiger partial charge in [-0.05, 0) is 25.0 Å². The van der Waals surface area contributed by atoms with Crippen molar-refractivity contribution in [2.24, 2.45) is 0 Å². The lowest BCUT2D eigenvalue weighted by Crippen LogP contribution is -2.26. The van der Waals surface area contributed by atoms with Gasteiger partial charge in [-0.15, -0.1) is 0 Å². The third kappa shape index (κ3) is 4.83. The fourth-order valence-electron chi connectivity index (χ4n) is 2.89. The quantitative estimate of drug-likeness (QED) is 0.319. The highest BCUT2D eigenvalue weighted by atomic mass is 16.6. The molecule has 0 bridgehead atoms. The first-order chi connectivity index (χ1) is 14.0. The number of rotatable bonds is 7. The number of nitrogens with one attached hydrogen (secondary N) is 2. The SMILES string of the molecule is Nc1nc(-c2ccccc2)c(CCCNC(=O)c2ccc([N+](=O)[O-])cc2)c(=O)[nH]1. The average Bonchev–Trinajstić information content (AvgIpc) is 2.72. The number of non-ortho nitro benzene ring substituents is 1. The second kappa shape index (κ2) is 8.79. The van der Waals surface area contributed by atoms with Crippen LogP contribution < -0.4 is 16.6 Å². The Hall–Kier alpha value is -4.01. The molecular formula is C20H19N5O4. The Morgan fingerprint density at radius 1 is 1.14 bits per heavy atom. The van der Waals surface area contributed by atoms with Crippen molar-refractivity contribution in [2.75, 3.05) is 12.3 Å². The molecule has 0 aliphatic rings. The summed E-state index contributed by atoms with van der Waals surface area (Å²) in [5, 5.41) is 13.4. The van der Waals surface area contributed by atoms with Crippen LogP contribution >= 0.6 is 0 Å². The van der Waals surface area contributed by atoms with Gasteiger partial charge in [-0.1, -0.05) is 30.3 Å². The zero-order chi connectivity index (χ0) is 20.8. The Bertz CT molecular complexity index is 1080. The number of carbonyl (C=O) groups is 1. The molecule has 4 N–H and O–H groups in total. The molecule has 0 fully saturated rings. The standard InChI is InChI=1S/C20H19N5O4/c21-20-23-17(13-5-2-1-3-6-13)16(19(27)24-20)7-4-12-22-18(26)14-8-10-15(11-9-14)25(28)29/h1-3,5-6,8-11H,4,7,12H2,(H,22,26)(H3,21,23,24,27). The molecule has 0 unspecified atom stereocenters. The van der Waals surface area contributed by atoms with Crippen LogP contribution in [0.3, 0.4) is 0 Å². The van der Waals surface area contributed by atoms with Crippen molar-refractivity contribution in [1.29, 1.82) is 0 Å². The van der Waals surface area contributed by atoms with Crippen LogP contribution in [0.4, 0.5) is 11.6 Å². The minimum atomic E-state index is -0.524. The Labute approximate surface area is 165 Å². The number of amides is 1. The van der Waals surface area contributed by atoms with Crippen molar-refractivity contribution in [3.63, 3.8) is 0 Å². The number of anilines is 1. The fraction of sp³-hybridized carbons (Fsp3) is 0.150. The van der Waals surface area contributed by atoms with Gasteiger partial charge >= 0.3 is 0 Å². The number of benzene rings is 2. The number of nitrogens with zero attached hydrogens (tertiary/aromatic N) is 2. The van der Waals surface area contributed by atoms with Gasteiger partial charge in [-0.3, -0.25) is 24.7 Å². The van der Waals surface area contributed by atoms with Crippen molar-refractivity contribution in [2.45, 2.75) is 12.8 Å². The molecule has 0 aliphatic heterocycles. The predicted octanol–water partition coefficient (Wildman–Crippen LogP) is 2.29. The molecule has 1 heterocycles. The summed E-state index contributed by atoms with van der Waals surface area (Å²) in [5.41, 5.74) is 7.43. The van der Waals surface area contributed by atoms with Gasteiger partial charge in [0.05, 0.1) is 10.6 Å². The second-order valence-corrected chi connectivity index (χ2v) is 6.31. The van der Waals surface area contributed by atoms with E-state index in [1.165, 1.54) is 24.3 Å². The van der Waals surface area contributed by atoms with E-state index in [1.54, 1.807) is 0 Å². The molecule has 29 heavy (non-hydrogen) atoms. The van der Waals surface area contributed by atoms with Crippen molar-refractivity contribution in [1.82, 2.24) is 15.3 Å². The summed E-state index contributed by atoms with van der Waals surface area (Å²) in [7, 11) is 0. The summed E-state index contributed by atoms with van der Waals surface area (Å²) >= 11 is 0. The first-order valence-corrected chi connectivity index (χ1v) is 8.92. The maximum absolute atomic E-state index is 12.4. The molecule has 9 nitrogen and oxygen atoms in total. The number of aromatic amines is 1. The number of carbonyl (C=O) groups excluding carboxylic acids is 1. The van der Waals surface area contributed by atoms with E-state index in [0.29, 0.717) is 36.2 Å². The van der Waals surface area contributed by atoms with Gasteiger partial charge in [-0.25, -0.2) is 4.98 Å². The number of nitrogen functional groups attached to an aromatic ring is 1. The molecule has 2 aromatic carbocycles. The molecule has 0 atom stereocenters. The Morgan fingerprint density at radius 3 is 2.48 bits per heavy atom. The van der Waals surface area contributed by atoms with Crippen LogP contribution in [0.15, 0.2) is 59.4 Å². The number of H-pyrrole nitrogens is 1. The minimum Gasteiger partial charge on any atom is -0.369 e. The van der Waals surface area contributed by atoms with Crippen LogP contribution in [-0.2, 0) is 6.42 Å². The van der Waals surface area contributed by atoms with E-state index in [9.17, 15) is 19.7 Å². The third-order valence-corrected chi connectivity index (χ3v) is 4.31. The summed E-state index contributed by atoms with van der Waals surface area (Å²) in [6, 6.07) is 14.6. The van der Waals surface area contributed by atoms with Crippen LogP contribution in [0.25, 0.3) is 11.3 Å². The molecule has 0 radical (unpaired) electrons. The van der Waals surface area contributed by atoms with Gasteiger partial charge in [0.2, 0.25) is 5.95 Å². The summed E-state index contributed by atoms with van der Waals surface area (Å²) in [6.07, 6.45) is 0.903. The minimum absolute atomic E-state index is 0.0454. The molecule has 3 aromatic rings. The highest BCUT2D eigenvalue weighted by Gasteiger charge is 2.13. The van der Waals surface area contributed by atoms with Crippen molar-refractivity contribution in [3.8, 4) is 11.3 Å². The molecule has 0 saturated heterocycles. The Morgan fingerprint density at radius 2 is 1.83 bits per heavy atom. The topological polar surface area (TPSA) is 144 Å². The summed E-state index contributed by atoms with van der Waals surface area (Å²) < 4.78 is 0. The summed E-state index contributed by atoms with van der Waals surface area (Å²) in [4.78, 5) is 41.4. The zero-order valence-corrected chi connectivity index (χ0v) is 15.4. The molecule has 0 spiro atoms. The normalized spacial score (nSPS) is 10.5. The molecule has 1 amide bonds. The maximum Gasteiger partial charge on any atom is 0.269 e. The number of nitro benzene ring substituents is 1. The second-order valence-electron chi connectivity index (χ2n) is 6.31. The molecular weight excluding hydrogens is 374 g/mol. The maximum atomic E-state index is 12.4. The number of hydrogen-bond acceptors (Lipinski definition) is 6. The van der Waals surface area contributed by atoms with Gasteiger partial charge < -0.3 is 11.1 Å². The summed E-state index contributed by atoms with van der Waals surface area (Å²) in [5.74, 6) is -0.295. The van der Waals surface area contributed by atoms with E-state index in [2.05, 4.69) is 15.3 Å². The lowest BCUT2D eigenvalue weighted by Gasteiger charge is -2.10. The van der Waals surface area contributed by atoms with E-state index in [-0.39, 0.29) is 23.1 Å². The highest BCUT2D eigenvalue weighted by Crippen LogP contribution is 2.20. The van der Waals surface area contributed by atoms with Crippen molar-refractivity contribution < 1.29 is 9.72 Å². The molecule has 1 aromatic heterocycles. The van der Waals surface area contributed by atoms with Crippen LogP contribution in [0, 0.1) is 10.1 Å². The average molecular weight is 393 g/mol. The number of aromatic nitrogens is 2. The lowest BCUT2D eigenvalue weighted by atomic mass is 10.0. The number of nitro groups is 1. The monoisotopic (exact) mass is 393 g/mol. The molecule has 148 valence electrons. The molecule has 0 aliphatic carbocycles. The first kappa shape index (κ1) is 19.7. The van der Waals surface area contributed by atoms with Crippen LogP contribution in [0.5, 0.6) is 0 Å². The predicted molar refractivity (Wildman–Crippen MR) is 108 cm³/mol. The lowest BCUT2D eigenvalue weighted by molar-refractivity contribution is -0.384. The van der Waals surface area contributed by atoms with E-state index >= 15 is 0 Å². The van der Waals surface area contributed by atoms with E-state index in [0.717, 1.165) is 5.56 Å².